The van der Waals surface area contributed by atoms with Gasteiger partial charge in [0, 0.05) is 18.4 Å². The first-order chi connectivity index (χ1) is 14.0. The number of rotatable bonds is 6. The number of Topliss-reactive ketones (excluding diaryl/α,β-unsaturated/α-hetero) is 1. The molecule has 3 rings (SSSR count). The minimum Gasteiger partial charge on any atom is -0.294 e. The minimum absolute atomic E-state index is 0.0396. The molecule has 0 atom stereocenters. The number of hydrogen-bond donors (Lipinski definition) is 2. The van der Waals surface area contributed by atoms with E-state index in [9.17, 15) is 14.4 Å². The Hall–Kier alpha value is -3.44. The fourth-order valence-electron chi connectivity index (χ4n) is 2.75. The molecule has 2 N–H and O–H groups in total. The van der Waals surface area contributed by atoms with Gasteiger partial charge in [-0.05, 0) is 23.3 Å². The topological polar surface area (TPSA) is 75.3 Å². The van der Waals surface area contributed by atoms with E-state index in [1.165, 1.54) is 0 Å². The third-order valence-electron chi connectivity index (χ3n) is 4.33. The summed E-state index contributed by atoms with van der Waals surface area (Å²) in [4.78, 5) is 36.2. The van der Waals surface area contributed by atoms with Crippen LogP contribution in [0.2, 0.25) is 5.02 Å². The van der Waals surface area contributed by atoms with Crippen LogP contribution in [0.5, 0.6) is 0 Å². The molecular formula is C23H19ClN2O3. The highest BCUT2D eigenvalue weighted by molar-refractivity contribution is 6.33. The summed E-state index contributed by atoms with van der Waals surface area (Å²) in [5.41, 5.74) is 7.47. The zero-order chi connectivity index (χ0) is 20.6. The van der Waals surface area contributed by atoms with E-state index < -0.39 is 11.8 Å². The molecule has 5 nitrogen and oxygen atoms in total. The van der Waals surface area contributed by atoms with Crippen LogP contribution in [0.15, 0.2) is 78.9 Å². The molecule has 6 heteroatoms. The second-order valence-corrected chi connectivity index (χ2v) is 6.76. The Bertz CT molecular complexity index is 1020. The molecule has 0 aliphatic heterocycles. The van der Waals surface area contributed by atoms with Gasteiger partial charge in [-0.3, -0.25) is 25.2 Å². The van der Waals surface area contributed by atoms with Crippen LogP contribution < -0.4 is 10.9 Å². The lowest BCUT2D eigenvalue weighted by molar-refractivity contribution is -0.121. The SMILES string of the molecule is O=C(CCC(=O)c1ccc(-c2ccccc2)cc1)NNC(=O)c1ccccc1Cl. The number of halogens is 1. The average molecular weight is 407 g/mol. The van der Waals surface area contributed by atoms with Gasteiger partial charge in [-0.15, -0.1) is 0 Å². The Labute approximate surface area is 173 Å². The number of amides is 2. The third-order valence-corrected chi connectivity index (χ3v) is 4.66. The molecule has 0 spiro atoms. The van der Waals surface area contributed by atoms with Gasteiger partial charge in [-0.1, -0.05) is 78.3 Å². The first-order valence-corrected chi connectivity index (χ1v) is 9.45. The molecule has 0 aliphatic rings. The predicted octanol–water partition coefficient (Wildman–Crippen LogP) is 4.43. The maximum absolute atomic E-state index is 12.3. The molecule has 0 aromatic heterocycles. The molecule has 0 radical (unpaired) electrons. The van der Waals surface area contributed by atoms with E-state index in [1.54, 1.807) is 36.4 Å². The van der Waals surface area contributed by atoms with Crippen molar-refractivity contribution in [2.24, 2.45) is 0 Å². The minimum atomic E-state index is -0.522. The zero-order valence-corrected chi connectivity index (χ0v) is 16.3. The monoisotopic (exact) mass is 406 g/mol. The van der Waals surface area contributed by atoms with Crippen molar-refractivity contribution >= 4 is 29.2 Å². The average Bonchev–Trinajstić information content (AvgIpc) is 2.77. The van der Waals surface area contributed by atoms with Gasteiger partial charge in [0.05, 0.1) is 10.6 Å². The molecule has 2 amide bonds. The molecule has 0 fully saturated rings. The van der Waals surface area contributed by atoms with Crippen molar-refractivity contribution in [3.63, 3.8) is 0 Å². The van der Waals surface area contributed by atoms with Gasteiger partial charge >= 0.3 is 0 Å². The number of ketones is 1. The molecule has 0 aliphatic carbocycles. The van der Waals surface area contributed by atoms with Gasteiger partial charge < -0.3 is 0 Å². The smallest absolute Gasteiger partial charge is 0.271 e. The van der Waals surface area contributed by atoms with E-state index in [2.05, 4.69) is 10.9 Å². The van der Waals surface area contributed by atoms with Gasteiger partial charge in [0.1, 0.15) is 0 Å². The second-order valence-electron chi connectivity index (χ2n) is 6.35. The van der Waals surface area contributed by atoms with E-state index in [-0.39, 0.29) is 29.2 Å². The third kappa shape index (κ3) is 5.53. The summed E-state index contributed by atoms with van der Waals surface area (Å²) in [6.45, 7) is 0. The maximum atomic E-state index is 12.3. The lowest BCUT2D eigenvalue weighted by Crippen LogP contribution is -2.41. The number of carbonyl (C=O) groups excluding carboxylic acids is 3. The summed E-state index contributed by atoms with van der Waals surface area (Å²) in [7, 11) is 0. The van der Waals surface area contributed by atoms with Gasteiger partial charge in [-0.25, -0.2) is 0 Å². The molecular weight excluding hydrogens is 388 g/mol. The van der Waals surface area contributed by atoms with E-state index in [0.717, 1.165) is 11.1 Å². The largest absolute Gasteiger partial charge is 0.294 e. The number of hydrazine groups is 1. The quantitative estimate of drug-likeness (QED) is 0.469. The van der Waals surface area contributed by atoms with Gasteiger partial charge in [0.25, 0.3) is 5.91 Å². The molecule has 0 saturated carbocycles. The summed E-state index contributed by atoms with van der Waals surface area (Å²) >= 11 is 5.94. The lowest BCUT2D eigenvalue weighted by Gasteiger charge is -2.08. The van der Waals surface area contributed by atoms with Crippen molar-refractivity contribution in [2.75, 3.05) is 0 Å². The van der Waals surface area contributed by atoms with Crippen LogP contribution >= 0.6 is 11.6 Å². The summed E-state index contributed by atoms with van der Waals surface area (Å²) in [5.74, 6) is -1.12. The van der Waals surface area contributed by atoms with Crippen LogP contribution in [0, 0.1) is 0 Å². The number of benzene rings is 3. The second kappa shape index (κ2) is 9.66. The predicted molar refractivity (Wildman–Crippen MR) is 113 cm³/mol. The highest BCUT2D eigenvalue weighted by Gasteiger charge is 2.12. The van der Waals surface area contributed by atoms with Crippen molar-refractivity contribution in [3.8, 4) is 11.1 Å². The van der Waals surface area contributed by atoms with Crippen molar-refractivity contribution in [3.05, 3.63) is 95.0 Å². The molecule has 0 unspecified atom stereocenters. The molecule has 0 bridgehead atoms. The normalized spacial score (nSPS) is 10.2. The molecule has 3 aromatic rings. The number of hydrogen-bond acceptors (Lipinski definition) is 3. The fourth-order valence-corrected chi connectivity index (χ4v) is 2.97. The highest BCUT2D eigenvalue weighted by Crippen LogP contribution is 2.20. The molecule has 0 heterocycles. The summed E-state index contributed by atoms with van der Waals surface area (Å²) < 4.78 is 0. The van der Waals surface area contributed by atoms with Gasteiger partial charge in [0.2, 0.25) is 5.91 Å². The molecule has 0 saturated heterocycles. The summed E-state index contributed by atoms with van der Waals surface area (Å²) in [6, 6.07) is 23.6. The van der Waals surface area contributed by atoms with Crippen LogP contribution in [0.25, 0.3) is 11.1 Å². The van der Waals surface area contributed by atoms with E-state index in [4.69, 9.17) is 11.6 Å². The number of nitrogens with one attached hydrogen (secondary N) is 2. The van der Waals surface area contributed by atoms with Crippen LogP contribution in [0.1, 0.15) is 33.6 Å². The fraction of sp³-hybridized carbons (Fsp3) is 0.0870. The van der Waals surface area contributed by atoms with Gasteiger partial charge in [0.15, 0.2) is 5.78 Å². The standard InChI is InChI=1S/C23H19ClN2O3/c24-20-9-5-4-8-19(20)23(29)26-25-22(28)15-14-21(27)18-12-10-17(11-13-18)16-6-2-1-3-7-16/h1-13H,14-15H2,(H,25,28)(H,26,29). The first-order valence-electron chi connectivity index (χ1n) is 9.07. The molecule has 29 heavy (non-hydrogen) atoms. The Kier molecular flexibility index (Phi) is 6.76. The Morgan fingerprint density at radius 1 is 0.690 bits per heavy atom. The highest BCUT2D eigenvalue weighted by atomic mass is 35.5. The summed E-state index contributed by atoms with van der Waals surface area (Å²) in [5, 5.41) is 0.286. The van der Waals surface area contributed by atoms with E-state index in [0.29, 0.717) is 5.56 Å². The van der Waals surface area contributed by atoms with Crippen molar-refractivity contribution in [1.82, 2.24) is 10.9 Å². The Balaban J connectivity index is 1.48. The van der Waals surface area contributed by atoms with Crippen molar-refractivity contribution in [2.45, 2.75) is 12.8 Å². The Morgan fingerprint density at radius 2 is 1.31 bits per heavy atom. The molecule has 3 aromatic carbocycles. The maximum Gasteiger partial charge on any atom is 0.271 e. The van der Waals surface area contributed by atoms with Crippen molar-refractivity contribution < 1.29 is 14.4 Å². The summed E-state index contributed by atoms with van der Waals surface area (Å²) in [6.07, 6.45) is 0.000548. The number of carbonyl (C=O) groups is 3. The Morgan fingerprint density at radius 3 is 2.00 bits per heavy atom. The van der Waals surface area contributed by atoms with E-state index in [1.807, 2.05) is 42.5 Å². The molecule has 146 valence electrons. The first kappa shape index (κ1) is 20.3. The van der Waals surface area contributed by atoms with Crippen LogP contribution in [-0.2, 0) is 4.79 Å². The van der Waals surface area contributed by atoms with Crippen LogP contribution in [0.3, 0.4) is 0 Å². The van der Waals surface area contributed by atoms with Crippen molar-refractivity contribution in [1.29, 1.82) is 0 Å². The van der Waals surface area contributed by atoms with E-state index >= 15 is 0 Å². The van der Waals surface area contributed by atoms with Gasteiger partial charge in [-0.2, -0.15) is 0 Å². The zero-order valence-electron chi connectivity index (χ0n) is 15.5. The lowest BCUT2D eigenvalue weighted by atomic mass is 10.0. The van der Waals surface area contributed by atoms with Crippen LogP contribution in [0.4, 0.5) is 0 Å². The van der Waals surface area contributed by atoms with Crippen LogP contribution in [-0.4, -0.2) is 17.6 Å².